The molecule has 1 aromatic heterocycles. The lowest BCUT2D eigenvalue weighted by Crippen LogP contribution is -2.45. The van der Waals surface area contributed by atoms with Gasteiger partial charge in [0.15, 0.2) is 0 Å². The summed E-state index contributed by atoms with van der Waals surface area (Å²) >= 11 is 0. The van der Waals surface area contributed by atoms with Crippen molar-refractivity contribution in [2.24, 2.45) is 0 Å². The van der Waals surface area contributed by atoms with Crippen LogP contribution in [0.3, 0.4) is 0 Å². The molecule has 0 unspecified atom stereocenters. The third kappa shape index (κ3) is 12.6. The third-order valence-electron chi connectivity index (χ3n) is 4.15. The molecular weight excluding hydrogens is 488 g/mol. The number of halogens is 6. The van der Waals surface area contributed by atoms with Gasteiger partial charge in [0.25, 0.3) is 0 Å². The average molecular weight is 518 g/mol. The Balaban J connectivity index is 0.000000607. The molecule has 1 aromatic rings. The van der Waals surface area contributed by atoms with E-state index in [0.717, 1.165) is 12.2 Å². The van der Waals surface area contributed by atoms with Crippen LogP contribution in [0.15, 0.2) is 12.4 Å². The lowest BCUT2D eigenvalue weighted by molar-refractivity contribution is -0.0476. The molecule has 0 saturated carbocycles. The van der Waals surface area contributed by atoms with Gasteiger partial charge in [-0.15, -0.1) is 0 Å². The van der Waals surface area contributed by atoms with Gasteiger partial charge in [0.2, 0.25) is 0 Å². The highest BCUT2D eigenvalue weighted by Crippen LogP contribution is 2.27. The van der Waals surface area contributed by atoms with Gasteiger partial charge in [-0.25, -0.2) is 21.8 Å². The first kappa shape index (κ1) is 30.6. The molecule has 0 aromatic carbocycles. The molecule has 0 spiro atoms. The fourth-order valence-corrected chi connectivity index (χ4v) is 4.36. The Morgan fingerprint density at radius 1 is 0.781 bits per heavy atom. The van der Waals surface area contributed by atoms with Gasteiger partial charge < -0.3 is 4.98 Å². The number of aryl methyl sites for hydroxylation is 1. The summed E-state index contributed by atoms with van der Waals surface area (Å²) in [5.74, 6) is 1.14. The maximum absolute atomic E-state index is 11.5. The number of aromatic nitrogens is 2. The molecule has 0 aliphatic rings. The van der Waals surface area contributed by atoms with Crippen molar-refractivity contribution in [3.63, 3.8) is 0 Å². The van der Waals surface area contributed by atoms with Gasteiger partial charge in [-0.05, 0) is 6.42 Å². The summed E-state index contributed by atoms with van der Waals surface area (Å²) in [6.45, 7) is 2.28. The number of rotatable bonds is 13. The number of hydrogen-bond donors (Lipinski definition) is 2. The van der Waals surface area contributed by atoms with Crippen molar-refractivity contribution in [3.8, 4) is 0 Å². The van der Waals surface area contributed by atoms with Crippen molar-refractivity contribution in [2.45, 2.75) is 88.6 Å². The van der Waals surface area contributed by atoms with Crippen LogP contribution in [0.1, 0.15) is 77.0 Å². The van der Waals surface area contributed by atoms with Gasteiger partial charge in [0.1, 0.15) is 5.82 Å². The summed E-state index contributed by atoms with van der Waals surface area (Å²) in [5, 5.41) is 0. The highest BCUT2D eigenvalue weighted by Gasteiger charge is 2.55. The van der Waals surface area contributed by atoms with E-state index in [9.17, 15) is 43.2 Å². The van der Waals surface area contributed by atoms with E-state index in [1.54, 1.807) is 0 Å². The fourth-order valence-electron chi connectivity index (χ4n) is 2.45. The highest BCUT2D eigenvalue weighted by molar-refractivity contribution is 8.05. The van der Waals surface area contributed by atoms with Gasteiger partial charge in [-0.2, -0.15) is 26.3 Å². The van der Waals surface area contributed by atoms with Gasteiger partial charge in [-0.1, -0.05) is 68.8 Å². The monoisotopic (exact) mass is 517 g/mol. The summed E-state index contributed by atoms with van der Waals surface area (Å²) in [7, 11) is -13.2. The van der Waals surface area contributed by atoms with E-state index >= 15 is 0 Å². The zero-order valence-corrected chi connectivity index (χ0v) is 19.2. The number of nitrogens with zero attached hydrogens (tertiary/aromatic N) is 1. The van der Waals surface area contributed by atoms with E-state index in [-0.39, 0.29) is 0 Å². The van der Waals surface area contributed by atoms with Crippen LogP contribution in [0.5, 0.6) is 0 Å². The molecule has 0 amide bonds. The number of H-pyrrole nitrogens is 1. The van der Waals surface area contributed by atoms with Crippen LogP contribution in [-0.2, 0) is 26.5 Å². The number of aromatic amines is 1. The minimum Gasteiger partial charge on any atom is -0.349 e. The second-order valence-corrected chi connectivity index (χ2v) is 10.6. The lowest BCUT2D eigenvalue weighted by Gasteiger charge is -2.11. The second kappa shape index (κ2) is 14.0. The standard InChI is InChI=1S/C15H28N2.C2HF6NO4S2/c1-2-3-4-5-6-7-8-9-10-11-12-15-16-13-14-17-15;3-1(4,5)14(10,11)9-15(12,13)2(6,7)8/h13-14H,2-12H2,1H3,(H,16,17);9H. The second-order valence-electron chi connectivity index (χ2n) is 6.95. The van der Waals surface area contributed by atoms with E-state index < -0.39 is 35.2 Å². The third-order valence-corrected chi connectivity index (χ3v) is 7.12. The van der Waals surface area contributed by atoms with E-state index in [4.69, 9.17) is 0 Å². The summed E-state index contributed by atoms with van der Waals surface area (Å²) < 4.78 is 108. The Kier molecular flexibility index (Phi) is 13.4. The number of unbranched alkanes of at least 4 members (excludes halogenated alkanes) is 9. The molecule has 32 heavy (non-hydrogen) atoms. The lowest BCUT2D eigenvalue weighted by atomic mass is 10.1. The van der Waals surface area contributed by atoms with E-state index in [2.05, 4.69) is 16.9 Å². The first-order chi connectivity index (χ1) is 14.6. The maximum Gasteiger partial charge on any atom is 0.512 e. The maximum atomic E-state index is 11.5. The molecule has 0 aliphatic heterocycles. The van der Waals surface area contributed by atoms with Crippen molar-refractivity contribution in [1.82, 2.24) is 14.1 Å². The SMILES string of the molecule is CCCCCCCCCCCCc1ncc[nH]1.O=S(=O)(NS(=O)(=O)C(F)(F)F)C(F)(F)F. The number of nitrogens with one attached hydrogen (secondary N) is 2. The molecule has 0 fully saturated rings. The van der Waals surface area contributed by atoms with Crippen LogP contribution in [-0.4, -0.2) is 37.8 Å². The van der Waals surface area contributed by atoms with Crippen molar-refractivity contribution in [1.29, 1.82) is 0 Å². The normalized spacial score (nSPS) is 13.0. The molecule has 0 bridgehead atoms. The minimum absolute atomic E-state index is 0.493. The molecule has 0 aliphatic carbocycles. The van der Waals surface area contributed by atoms with Crippen molar-refractivity contribution >= 4 is 20.0 Å². The van der Waals surface area contributed by atoms with Crippen LogP contribution in [0, 0.1) is 0 Å². The Labute approximate surface area is 184 Å². The quantitative estimate of drug-likeness (QED) is 0.278. The van der Waals surface area contributed by atoms with Crippen LogP contribution in [0.25, 0.3) is 0 Å². The molecule has 1 heterocycles. The largest absolute Gasteiger partial charge is 0.512 e. The van der Waals surface area contributed by atoms with E-state index in [0.29, 0.717) is 0 Å². The fraction of sp³-hybridized carbons (Fsp3) is 0.824. The zero-order chi connectivity index (χ0) is 24.9. The number of sulfonamides is 2. The molecule has 190 valence electrons. The number of imidazole rings is 1. The van der Waals surface area contributed by atoms with E-state index in [1.165, 1.54) is 64.2 Å². The summed E-state index contributed by atoms with van der Waals surface area (Å²) in [6, 6.07) is 0. The smallest absolute Gasteiger partial charge is 0.349 e. The molecule has 15 heteroatoms. The highest BCUT2D eigenvalue weighted by atomic mass is 32.3. The summed E-state index contributed by atoms with van der Waals surface area (Å²) in [6.07, 6.45) is 18.9. The molecule has 2 N–H and O–H groups in total. The Morgan fingerprint density at radius 2 is 1.19 bits per heavy atom. The predicted octanol–water partition coefficient (Wildman–Crippen LogP) is 5.15. The zero-order valence-electron chi connectivity index (χ0n) is 17.6. The average Bonchev–Trinajstić information content (AvgIpc) is 3.14. The summed E-state index contributed by atoms with van der Waals surface area (Å²) in [5.41, 5.74) is -12.3. The minimum atomic E-state index is -6.60. The molecule has 7 nitrogen and oxygen atoms in total. The van der Waals surface area contributed by atoms with E-state index in [1.807, 2.05) is 12.4 Å². The predicted molar refractivity (Wildman–Crippen MR) is 107 cm³/mol. The van der Waals surface area contributed by atoms with Gasteiger partial charge >= 0.3 is 31.1 Å². The van der Waals surface area contributed by atoms with Crippen LogP contribution < -0.4 is 4.13 Å². The van der Waals surface area contributed by atoms with Crippen LogP contribution in [0.4, 0.5) is 26.3 Å². The number of hydrogen-bond acceptors (Lipinski definition) is 5. The summed E-state index contributed by atoms with van der Waals surface area (Å²) in [4.78, 5) is 7.39. The Bertz CT molecular complexity index is 781. The Hall–Kier alpha value is -1.35. The Morgan fingerprint density at radius 3 is 1.53 bits per heavy atom. The molecule has 0 saturated heterocycles. The first-order valence-corrected chi connectivity index (χ1v) is 13.0. The molecular formula is C17H29F6N3O4S2. The van der Waals surface area contributed by atoms with Gasteiger partial charge in [0.05, 0.1) is 0 Å². The van der Waals surface area contributed by atoms with Crippen LogP contribution in [0.2, 0.25) is 0 Å². The van der Waals surface area contributed by atoms with Crippen LogP contribution >= 0.6 is 0 Å². The van der Waals surface area contributed by atoms with Crippen molar-refractivity contribution in [2.75, 3.05) is 0 Å². The topological polar surface area (TPSA) is 109 Å². The molecule has 0 atom stereocenters. The van der Waals surface area contributed by atoms with Gasteiger partial charge in [-0.3, -0.25) is 0 Å². The first-order valence-electron chi connectivity index (χ1n) is 10.0. The number of alkyl halides is 6. The van der Waals surface area contributed by atoms with Crippen molar-refractivity contribution in [3.05, 3.63) is 18.2 Å². The van der Waals surface area contributed by atoms with Gasteiger partial charge in [0, 0.05) is 18.8 Å². The van der Waals surface area contributed by atoms with Crippen molar-refractivity contribution < 1.29 is 43.2 Å². The molecule has 1 rings (SSSR count). The molecule has 0 radical (unpaired) electrons.